The number of likely N-dealkylation sites (N-methyl/N-ethyl adjacent to an activating group) is 1. The number of fused-ring (bicyclic) bond motifs is 1. The average Bonchev–Trinajstić information content (AvgIpc) is 3.19. The Hall–Kier alpha value is -3.17. The van der Waals surface area contributed by atoms with Gasteiger partial charge in [-0.25, -0.2) is 9.97 Å². The zero-order valence-electron chi connectivity index (χ0n) is 16.7. The second-order valence-corrected chi connectivity index (χ2v) is 7.60. The molecule has 30 heavy (non-hydrogen) atoms. The molecule has 4 rings (SSSR count). The van der Waals surface area contributed by atoms with E-state index in [1.165, 1.54) is 17.0 Å². The van der Waals surface area contributed by atoms with Gasteiger partial charge in [0.25, 0.3) is 0 Å². The van der Waals surface area contributed by atoms with E-state index in [1.54, 1.807) is 13.2 Å². The van der Waals surface area contributed by atoms with Crippen LogP contribution in [0.2, 0.25) is 0 Å². The van der Waals surface area contributed by atoms with E-state index in [9.17, 15) is 18.0 Å². The molecule has 0 saturated carbocycles. The maximum atomic E-state index is 12.9. The van der Waals surface area contributed by atoms with E-state index in [0.29, 0.717) is 35.1 Å². The lowest BCUT2D eigenvalue weighted by Crippen LogP contribution is -2.47. The largest absolute Gasteiger partial charge is 0.416 e. The van der Waals surface area contributed by atoms with E-state index in [4.69, 9.17) is 4.98 Å². The van der Waals surface area contributed by atoms with Crippen LogP contribution in [0, 0.1) is 0 Å². The van der Waals surface area contributed by atoms with Gasteiger partial charge in [0, 0.05) is 19.6 Å². The maximum absolute atomic E-state index is 12.9. The molecule has 0 radical (unpaired) electrons. The van der Waals surface area contributed by atoms with Crippen molar-refractivity contribution in [2.24, 2.45) is 5.10 Å². The number of amides is 1. The Balaban J connectivity index is 1.68. The number of carbonyl (C=O) groups is 1. The highest BCUT2D eigenvalue weighted by atomic mass is 19.4. The molecule has 0 fully saturated rings. The molecule has 7 nitrogen and oxygen atoms in total. The van der Waals surface area contributed by atoms with E-state index in [1.807, 2.05) is 18.7 Å². The van der Waals surface area contributed by atoms with E-state index in [2.05, 4.69) is 15.5 Å². The van der Waals surface area contributed by atoms with Crippen LogP contribution in [0.5, 0.6) is 0 Å². The monoisotopic (exact) mass is 418 g/mol. The van der Waals surface area contributed by atoms with Crippen molar-refractivity contribution >= 4 is 23.1 Å². The molecule has 1 aromatic heterocycles. The Labute approximate surface area is 171 Å². The molecule has 2 aromatic rings. The van der Waals surface area contributed by atoms with Crippen molar-refractivity contribution < 1.29 is 18.0 Å². The predicted molar refractivity (Wildman–Crippen MR) is 107 cm³/mol. The fourth-order valence-electron chi connectivity index (χ4n) is 3.59. The summed E-state index contributed by atoms with van der Waals surface area (Å²) in [5, 5.41) is 4.28. The van der Waals surface area contributed by atoms with E-state index < -0.39 is 11.7 Å². The number of aromatic nitrogens is 2. The van der Waals surface area contributed by atoms with Crippen LogP contribution in [0.4, 0.5) is 24.7 Å². The van der Waals surface area contributed by atoms with Crippen molar-refractivity contribution in [3.05, 3.63) is 47.4 Å². The summed E-state index contributed by atoms with van der Waals surface area (Å²) in [5.41, 5.74) is 3.98. The molecule has 1 aromatic carbocycles. The molecule has 0 bridgehead atoms. The molecular formula is C20H21F3N6O. The van der Waals surface area contributed by atoms with Crippen LogP contribution in [0.15, 0.2) is 35.6 Å². The van der Waals surface area contributed by atoms with E-state index in [0.717, 1.165) is 12.1 Å². The molecule has 1 unspecified atom stereocenters. The SMILES string of the molecule is CC(C)N1CC(=O)N(C)c2cnc(C3CNN=C3c3ccc(C(F)(F)F)cc3)nc21. The molecule has 1 atom stereocenters. The van der Waals surface area contributed by atoms with Gasteiger partial charge < -0.3 is 15.2 Å². The van der Waals surface area contributed by atoms with Gasteiger partial charge in [-0.2, -0.15) is 18.3 Å². The number of nitrogens with zero attached hydrogens (tertiary/aromatic N) is 5. The first-order valence-electron chi connectivity index (χ1n) is 9.55. The fraction of sp³-hybridized carbons (Fsp3) is 0.400. The summed E-state index contributed by atoms with van der Waals surface area (Å²) in [4.78, 5) is 24.9. The number of rotatable bonds is 3. The molecule has 10 heteroatoms. The molecule has 158 valence electrons. The lowest BCUT2D eigenvalue weighted by Gasteiger charge is -2.36. The Morgan fingerprint density at radius 2 is 1.90 bits per heavy atom. The molecule has 0 saturated heterocycles. The highest BCUT2D eigenvalue weighted by Gasteiger charge is 2.34. The lowest BCUT2D eigenvalue weighted by atomic mass is 9.96. The molecule has 0 aliphatic carbocycles. The Bertz CT molecular complexity index is 1000. The topological polar surface area (TPSA) is 73.7 Å². The zero-order chi connectivity index (χ0) is 21.6. The van der Waals surface area contributed by atoms with Crippen molar-refractivity contribution in [2.45, 2.75) is 32.0 Å². The average molecular weight is 418 g/mol. The molecule has 2 aliphatic heterocycles. The number of hydrazone groups is 1. The van der Waals surface area contributed by atoms with Crippen molar-refractivity contribution in [2.75, 3.05) is 29.9 Å². The van der Waals surface area contributed by atoms with Gasteiger partial charge in [0.2, 0.25) is 5.91 Å². The first kappa shape index (κ1) is 20.1. The van der Waals surface area contributed by atoms with Gasteiger partial charge in [0.05, 0.1) is 29.9 Å². The summed E-state index contributed by atoms with van der Waals surface area (Å²) in [6.45, 7) is 4.62. The Morgan fingerprint density at radius 1 is 1.20 bits per heavy atom. The minimum Gasteiger partial charge on any atom is -0.343 e. The summed E-state index contributed by atoms with van der Waals surface area (Å²) in [6.07, 6.45) is -2.77. The van der Waals surface area contributed by atoms with Gasteiger partial charge in [-0.05, 0) is 31.5 Å². The Morgan fingerprint density at radius 3 is 2.53 bits per heavy atom. The number of carbonyl (C=O) groups excluding carboxylic acids is 1. The summed E-state index contributed by atoms with van der Waals surface area (Å²) in [7, 11) is 1.69. The normalized spacial score (nSPS) is 19.1. The summed E-state index contributed by atoms with van der Waals surface area (Å²) in [6, 6.07) is 4.97. The van der Waals surface area contributed by atoms with Crippen LogP contribution < -0.4 is 15.2 Å². The molecule has 0 spiro atoms. The second kappa shape index (κ2) is 7.26. The number of halogens is 3. The van der Waals surface area contributed by atoms with Gasteiger partial charge >= 0.3 is 6.18 Å². The zero-order valence-corrected chi connectivity index (χ0v) is 16.7. The van der Waals surface area contributed by atoms with Crippen LogP contribution in [0.1, 0.15) is 36.7 Å². The highest BCUT2D eigenvalue weighted by Crippen LogP contribution is 2.34. The molecular weight excluding hydrogens is 397 g/mol. The van der Waals surface area contributed by atoms with Crippen LogP contribution in [0.3, 0.4) is 0 Å². The van der Waals surface area contributed by atoms with Gasteiger partial charge in [0.1, 0.15) is 11.5 Å². The van der Waals surface area contributed by atoms with E-state index >= 15 is 0 Å². The van der Waals surface area contributed by atoms with Crippen molar-refractivity contribution in [1.82, 2.24) is 15.4 Å². The summed E-state index contributed by atoms with van der Waals surface area (Å²) in [5.74, 6) is 0.813. The van der Waals surface area contributed by atoms with Crippen molar-refractivity contribution in [3.8, 4) is 0 Å². The minimum atomic E-state index is -4.39. The van der Waals surface area contributed by atoms with Crippen LogP contribution in [-0.4, -0.2) is 47.8 Å². The molecule has 1 N–H and O–H groups in total. The standard InChI is InChI=1S/C20H21F3N6O/c1-11(2)29-10-16(30)28(3)15-9-24-18(26-19(15)29)14-8-25-27-17(14)12-4-6-13(7-5-12)20(21,22)23/h4-7,9,11,14,25H,8,10H2,1-3H3. The molecule has 2 aliphatic rings. The third kappa shape index (κ3) is 3.46. The summed E-state index contributed by atoms with van der Waals surface area (Å²) >= 11 is 0. The molecule has 3 heterocycles. The molecule has 1 amide bonds. The van der Waals surface area contributed by atoms with Gasteiger partial charge in [-0.3, -0.25) is 4.79 Å². The lowest BCUT2D eigenvalue weighted by molar-refractivity contribution is -0.137. The third-order valence-electron chi connectivity index (χ3n) is 5.35. The number of hydrogen-bond donors (Lipinski definition) is 1. The van der Waals surface area contributed by atoms with Gasteiger partial charge in [-0.15, -0.1) is 0 Å². The van der Waals surface area contributed by atoms with Gasteiger partial charge in [0.15, 0.2) is 5.82 Å². The van der Waals surface area contributed by atoms with Crippen molar-refractivity contribution in [1.29, 1.82) is 0 Å². The van der Waals surface area contributed by atoms with E-state index in [-0.39, 0.29) is 24.4 Å². The number of nitrogens with one attached hydrogen (secondary N) is 1. The van der Waals surface area contributed by atoms with Crippen LogP contribution >= 0.6 is 0 Å². The Kier molecular flexibility index (Phi) is 4.87. The second-order valence-electron chi connectivity index (χ2n) is 7.60. The number of benzene rings is 1. The van der Waals surface area contributed by atoms with Crippen molar-refractivity contribution in [3.63, 3.8) is 0 Å². The third-order valence-corrected chi connectivity index (χ3v) is 5.35. The van der Waals surface area contributed by atoms with Gasteiger partial charge in [-0.1, -0.05) is 12.1 Å². The predicted octanol–water partition coefficient (Wildman–Crippen LogP) is 2.78. The van der Waals surface area contributed by atoms with Crippen LogP contribution in [-0.2, 0) is 11.0 Å². The summed E-state index contributed by atoms with van der Waals surface area (Å²) < 4.78 is 38.6. The fourth-order valence-corrected chi connectivity index (χ4v) is 3.59. The number of hydrogen-bond acceptors (Lipinski definition) is 6. The first-order chi connectivity index (χ1) is 14.2. The number of anilines is 2. The maximum Gasteiger partial charge on any atom is 0.416 e. The first-order valence-corrected chi connectivity index (χ1v) is 9.55. The highest BCUT2D eigenvalue weighted by molar-refractivity contribution is 6.06. The number of alkyl halides is 3. The van der Waals surface area contributed by atoms with Crippen LogP contribution in [0.25, 0.3) is 0 Å². The quantitative estimate of drug-likeness (QED) is 0.830. The minimum absolute atomic E-state index is 0.0397. The smallest absolute Gasteiger partial charge is 0.343 e.